The van der Waals surface area contributed by atoms with Gasteiger partial charge in [-0.15, -0.1) is 0 Å². The van der Waals surface area contributed by atoms with Gasteiger partial charge in [0.25, 0.3) is 5.91 Å². The quantitative estimate of drug-likeness (QED) is 0.756. The summed E-state index contributed by atoms with van der Waals surface area (Å²) in [6.45, 7) is 5.42. The lowest BCUT2D eigenvalue weighted by molar-refractivity contribution is -0.119. The number of fused-ring (bicyclic) bond motifs is 1. The zero-order valence-electron chi connectivity index (χ0n) is 16.2. The van der Waals surface area contributed by atoms with Crippen molar-refractivity contribution in [3.05, 3.63) is 28.8 Å². The van der Waals surface area contributed by atoms with E-state index in [9.17, 15) is 14.7 Å². The molecular weight excluding hydrogens is 346 g/mol. The van der Waals surface area contributed by atoms with Crippen LogP contribution in [0.15, 0.2) is 12.1 Å². The van der Waals surface area contributed by atoms with Gasteiger partial charge in [-0.1, -0.05) is 19.1 Å². The first-order valence-electron chi connectivity index (χ1n) is 9.87. The highest BCUT2D eigenvalue weighted by atomic mass is 16.5. The third kappa shape index (κ3) is 4.33. The molecule has 6 heteroatoms. The Labute approximate surface area is 160 Å². The van der Waals surface area contributed by atoms with E-state index in [2.05, 4.69) is 0 Å². The molecule has 0 bridgehead atoms. The summed E-state index contributed by atoms with van der Waals surface area (Å²) in [6, 6.07) is 3.70. The molecule has 2 aliphatic heterocycles. The van der Waals surface area contributed by atoms with Crippen molar-refractivity contribution in [1.29, 1.82) is 0 Å². The Bertz CT molecular complexity index is 696. The minimum Gasteiger partial charge on any atom is -0.487 e. The van der Waals surface area contributed by atoms with Gasteiger partial charge in [-0.3, -0.25) is 9.59 Å². The number of rotatable bonds is 8. The van der Waals surface area contributed by atoms with E-state index in [1.165, 1.54) is 0 Å². The van der Waals surface area contributed by atoms with Crippen molar-refractivity contribution in [1.82, 2.24) is 4.90 Å². The summed E-state index contributed by atoms with van der Waals surface area (Å²) in [5, 5.41) is 9.74. The van der Waals surface area contributed by atoms with Crippen LogP contribution in [0.3, 0.4) is 0 Å². The van der Waals surface area contributed by atoms with E-state index in [0.717, 1.165) is 25.0 Å². The van der Waals surface area contributed by atoms with Crippen molar-refractivity contribution < 1.29 is 24.2 Å². The molecule has 1 saturated heterocycles. The molecule has 2 unspecified atom stereocenters. The van der Waals surface area contributed by atoms with E-state index in [1.54, 1.807) is 4.90 Å². The fourth-order valence-electron chi connectivity index (χ4n) is 3.72. The van der Waals surface area contributed by atoms with Crippen molar-refractivity contribution in [2.75, 3.05) is 13.2 Å². The van der Waals surface area contributed by atoms with E-state index in [4.69, 9.17) is 9.47 Å². The highest BCUT2D eigenvalue weighted by molar-refractivity contribution is 6.01. The molecule has 1 N–H and O–H groups in total. The van der Waals surface area contributed by atoms with Gasteiger partial charge in [-0.05, 0) is 31.7 Å². The molecule has 2 heterocycles. The van der Waals surface area contributed by atoms with Crippen LogP contribution in [-0.2, 0) is 22.7 Å². The molecule has 1 aromatic rings. The summed E-state index contributed by atoms with van der Waals surface area (Å²) >= 11 is 0. The standard InChI is InChI=1S/C21H29NO5/c1-3-17(24)9-6-14(2)22-11-15-7-8-16(12-23)20(19(15)21(22)25)27-18-5-4-10-26-13-18/h7-8,14,18,23H,3-6,9-13H2,1-2H3. The van der Waals surface area contributed by atoms with E-state index in [-0.39, 0.29) is 30.4 Å². The molecule has 0 aromatic heterocycles. The normalized spacial score (nSPS) is 20.5. The van der Waals surface area contributed by atoms with Gasteiger partial charge in [0.2, 0.25) is 0 Å². The summed E-state index contributed by atoms with van der Waals surface area (Å²) in [5.74, 6) is 0.633. The van der Waals surface area contributed by atoms with E-state index in [0.29, 0.717) is 49.3 Å². The third-order valence-corrected chi connectivity index (χ3v) is 5.48. The van der Waals surface area contributed by atoms with Crippen LogP contribution >= 0.6 is 0 Å². The van der Waals surface area contributed by atoms with Gasteiger partial charge in [-0.2, -0.15) is 0 Å². The molecule has 0 radical (unpaired) electrons. The monoisotopic (exact) mass is 375 g/mol. The fraction of sp³-hybridized carbons (Fsp3) is 0.619. The molecule has 3 rings (SSSR count). The van der Waals surface area contributed by atoms with Gasteiger partial charge in [0.15, 0.2) is 0 Å². The first kappa shape index (κ1) is 19.8. The Morgan fingerprint density at radius 1 is 1.44 bits per heavy atom. The average Bonchev–Trinajstić information content (AvgIpc) is 3.04. The van der Waals surface area contributed by atoms with Crippen molar-refractivity contribution in [3.8, 4) is 5.75 Å². The second-order valence-corrected chi connectivity index (χ2v) is 7.42. The molecule has 0 spiro atoms. The Balaban J connectivity index is 1.80. The predicted molar refractivity (Wildman–Crippen MR) is 101 cm³/mol. The lowest BCUT2D eigenvalue weighted by Gasteiger charge is -2.26. The Hall–Kier alpha value is -1.92. The number of aliphatic hydroxyl groups excluding tert-OH is 1. The molecule has 6 nitrogen and oxygen atoms in total. The zero-order valence-corrected chi connectivity index (χ0v) is 16.2. The van der Waals surface area contributed by atoms with Crippen LogP contribution in [0.25, 0.3) is 0 Å². The molecule has 0 saturated carbocycles. The Morgan fingerprint density at radius 2 is 2.26 bits per heavy atom. The first-order valence-corrected chi connectivity index (χ1v) is 9.87. The molecule has 2 atom stereocenters. The maximum Gasteiger partial charge on any atom is 0.258 e. The van der Waals surface area contributed by atoms with Crippen LogP contribution < -0.4 is 4.74 Å². The molecule has 0 aliphatic carbocycles. The van der Waals surface area contributed by atoms with Gasteiger partial charge < -0.3 is 19.5 Å². The van der Waals surface area contributed by atoms with Gasteiger partial charge in [-0.25, -0.2) is 0 Å². The maximum absolute atomic E-state index is 13.1. The highest BCUT2D eigenvalue weighted by Crippen LogP contribution is 2.37. The number of Topliss-reactive ketones (excluding diaryl/α,β-unsaturated/α-hetero) is 1. The number of ketones is 1. The van der Waals surface area contributed by atoms with Crippen molar-refractivity contribution in [2.45, 2.75) is 71.2 Å². The second kappa shape index (κ2) is 8.85. The summed E-state index contributed by atoms with van der Waals surface area (Å²) in [6.07, 6.45) is 3.38. The van der Waals surface area contributed by atoms with Crippen LogP contribution in [0.2, 0.25) is 0 Å². The second-order valence-electron chi connectivity index (χ2n) is 7.42. The zero-order chi connectivity index (χ0) is 19.4. The van der Waals surface area contributed by atoms with Crippen LogP contribution in [-0.4, -0.2) is 47.1 Å². The number of carbonyl (C=O) groups excluding carboxylic acids is 2. The largest absolute Gasteiger partial charge is 0.487 e. The highest BCUT2D eigenvalue weighted by Gasteiger charge is 2.35. The van der Waals surface area contributed by atoms with E-state index in [1.807, 2.05) is 26.0 Å². The number of ether oxygens (including phenoxy) is 2. The van der Waals surface area contributed by atoms with Crippen molar-refractivity contribution in [2.24, 2.45) is 0 Å². The summed E-state index contributed by atoms with van der Waals surface area (Å²) < 4.78 is 11.6. The molecule has 27 heavy (non-hydrogen) atoms. The number of hydrogen-bond acceptors (Lipinski definition) is 5. The number of nitrogens with zero attached hydrogens (tertiary/aromatic N) is 1. The minimum atomic E-state index is -0.177. The number of benzene rings is 1. The van der Waals surface area contributed by atoms with Crippen molar-refractivity contribution in [3.63, 3.8) is 0 Å². The maximum atomic E-state index is 13.1. The minimum absolute atomic E-state index is 0.0242. The lowest BCUT2D eigenvalue weighted by Crippen LogP contribution is -2.34. The Kier molecular flexibility index (Phi) is 6.50. The van der Waals surface area contributed by atoms with Gasteiger partial charge in [0.1, 0.15) is 17.6 Å². The molecule has 1 fully saturated rings. The van der Waals surface area contributed by atoms with Crippen LogP contribution in [0.4, 0.5) is 0 Å². The van der Waals surface area contributed by atoms with E-state index < -0.39 is 0 Å². The summed E-state index contributed by atoms with van der Waals surface area (Å²) in [5.41, 5.74) is 2.10. The van der Waals surface area contributed by atoms with Crippen molar-refractivity contribution >= 4 is 11.7 Å². The van der Waals surface area contributed by atoms with Crippen LogP contribution in [0.5, 0.6) is 5.75 Å². The first-order chi connectivity index (χ1) is 13.0. The molecular formula is C21H29NO5. The predicted octanol–water partition coefficient (Wildman–Crippen LogP) is 2.84. The number of hydrogen-bond donors (Lipinski definition) is 1. The fourth-order valence-corrected chi connectivity index (χ4v) is 3.72. The van der Waals surface area contributed by atoms with Gasteiger partial charge >= 0.3 is 0 Å². The lowest BCUT2D eigenvalue weighted by atomic mass is 10.0. The van der Waals surface area contributed by atoms with Gasteiger partial charge in [0, 0.05) is 37.6 Å². The molecule has 1 amide bonds. The average molecular weight is 375 g/mol. The molecule has 1 aromatic carbocycles. The van der Waals surface area contributed by atoms with Crippen LogP contribution in [0.1, 0.15) is 67.4 Å². The van der Waals surface area contributed by atoms with Crippen LogP contribution in [0, 0.1) is 0 Å². The molecule has 148 valence electrons. The Morgan fingerprint density at radius 3 is 2.93 bits per heavy atom. The third-order valence-electron chi connectivity index (χ3n) is 5.48. The SMILES string of the molecule is CCC(=O)CCC(C)N1Cc2ccc(CO)c(OC3CCCOC3)c2C1=O. The summed E-state index contributed by atoms with van der Waals surface area (Å²) in [7, 11) is 0. The topological polar surface area (TPSA) is 76.1 Å². The number of amides is 1. The van der Waals surface area contributed by atoms with Gasteiger partial charge in [0.05, 0.1) is 18.8 Å². The molecule has 2 aliphatic rings. The number of aliphatic hydroxyl groups is 1. The summed E-state index contributed by atoms with van der Waals surface area (Å²) in [4.78, 5) is 26.6. The number of carbonyl (C=O) groups is 2. The smallest absolute Gasteiger partial charge is 0.258 e. The van der Waals surface area contributed by atoms with E-state index >= 15 is 0 Å².